The maximum absolute atomic E-state index is 12.2. The van der Waals surface area contributed by atoms with Crippen LogP contribution in [0.4, 0.5) is 5.69 Å². The highest BCUT2D eigenvalue weighted by Crippen LogP contribution is 2.21. The molecule has 0 aliphatic rings. The minimum atomic E-state index is -3.51. The highest BCUT2D eigenvalue weighted by Gasteiger charge is 2.14. The van der Waals surface area contributed by atoms with E-state index in [2.05, 4.69) is 18.6 Å². The van der Waals surface area contributed by atoms with E-state index in [0.717, 1.165) is 12.0 Å². The number of anilines is 1. The Morgan fingerprint density at radius 1 is 1.00 bits per heavy atom. The van der Waals surface area contributed by atoms with Crippen LogP contribution < -0.4 is 4.72 Å². The van der Waals surface area contributed by atoms with Gasteiger partial charge in [-0.25, -0.2) is 8.42 Å². The molecule has 2 rings (SSSR count). The molecule has 1 atom stereocenters. The van der Waals surface area contributed by atoms with Crippen molar-refractivity contribution in [3.8, 4) is 0 Å². The van der Waals surface area contributed by atoms with E-state index in [4.69, 9.17) is 0 Å². The molecule has 0 spiro atoms. The fourth-order valence-electron chi connectivity index (χ4n) is 1.93. The van der Waals surface area contributed by atoms with Gasteiger partial charge in [0.2, 0.25) is 0 Å². The van der Waals surface area contributed by atoms with Crippen molar-refractivity contribution >= 4 is 15.7 Å². The Labute approximate surface area is 120 Å². The first kappa shape index (κ1) is 14.6. The number of sulfonamides is 1. The molecule has 106 valence electrons. The van der Waals surface area contributed by atoms with Gasteiger partial charge in [-0.1, -0.05) is 44.2 Å². The van der Waals surface area contributed by atoms with E-state index in [-0.39, 0.29) is 4.90 Å². The lowest BCUT2D eigenvalue weighted by atomic mass is 9.99. The summed E-state index contributed by atoms with van der Waals surface area (Å²) < 4.78 is 27.1. The third-order valence-corrected chi connectivity index (χ3v) is 4.80. The Bertz CT molecular complexity index is 649. The Morgan fingerprint density at radius 2 is 1.60 bits per heavy atom. The van der Waals surface area contributed by atoms with Crippen molar-refractivity contribution in [3.63, 3.8) is 0 Å². The number of hydrogen-bond acceptors (Lipinski definition) is 2. The van der Waals surface area contributed by atoms with Gasteiger partial charge in [-0.3, -0.25) is 4.72 Å². The predicted molar refractivity (Wildman–Crippen MR) is 82.4 cm³/mol. The Balaban J connectivity index is 2.22. The fraction of sp³-hybridized carbons (Fsp3) is 0.250. The molecular formula is C16H19NO2S. The van der Waals surface area contributed by atoms with Gasteiger partial charge in [0.05, 0.1) is 4.90 Å². The van der Waals surface area contributed by atoms with Crippen LogP contribution in [0.2, 0.25) is 0 Å². The van der Waals surface area contributed by atoms with E-state index in [9.17, 15) is 8.42 Å². The summed E-state index contributed by atoms with van der Waals surface area (Å²) in [6, 6.07) is 16.0. The summed E-state index contributed by atoms with van der Waals surface area (Å²) in [7, 11) is -3.51. The van der Waals surface area contributed by atoms with Crippen LogP contribution in [0, 0.1) is 0 Å². The van der Waals surface area contributed by atoms with Crippen LogP contribution >= 0.6 is 0 Å². The van der Waals surface area contributed by atoms with E-state index < -0.39 is 10.0 Å². The Hall–Kier alpha value is -1.81. The maximum atomic E-state index is 12.2. The average Bonchev–Trinajstić information content (AvgIpc) is 2.47. The van der Waals surface area contributed by atoms with Crippen LogP contribution in [0.3, 0.4) is 0 Å². The lowest BCUT2D eigenvalue weighted by Crippen LogP contribution is -2.12. The van der Waals surface area contributed by atoms with Crippen LogP contribution in [0.15, 0.2) is 59.5 Å². The normalized spacial score (nSPS) is 12.9. The molecule has 3 nitrogen and oxygen atoms in total. The standard InChI is InChI=1S/C16H19NO2S/c1-3-13(2)14-9-11-16(12-10-14)20(18,19)17-15-7-5-4-6-8-15/h4-13,17H,3H2,1-2H3/t13-/m1/s1. The second-order valence-corrected chi connectivity index (χ2v) is 6.53. The average molecular weight is 289 g/mol. The third-order valence-electron chi connectivity index (χ3n) is 3.40. The van der Waals surface area contributed by atoms with E-state index in [0.29, 0.717) is 11.6 Å². The molecule has 0 aliphatic heterocycles. The van der Waals surface area contributed by atoms with E-state index in [1.807, 2.05) is 18.2 Å². The zero-order valence-corrected chi connectivity index (χ0v) is 12.5. The molecule has 0 aromatic heterocycles. The lowest BCUT2D eigenvalue weighted by Gasteiger charge is -2.11. The number of rotatable bonds is 5. The molecule has 0 amide bonds. The Kier molecular flexibility index (Phi) is 4.45. The van der Waals surface area contributed by atoms with Gasteiger partial charge in [0.25, 0.3) is 10.0 Å². The first-order valence-corrected chi connectivity index (χ1v) is 8.19. The summed E-state index contributed by atoms with van der Waals surface area (Å²) in [6.07, 6.45) is 1.04. The van der Waals surface area contributed by atoms with Gasteiger partial charge in [0.1, 0.15) is 0 Å². The summed E-state index contributed by atoms with van der Waals surface area (Å²) in [4.78, 5) is 0.286. The maximum Gasteiger partial charge on any atom is 0.261 e. The molecule has 2 aromatic carbocycles. The van der Waals surface area contributed by atoms with Crippen molar-refractivity contribution < 1.29 is 8.42 Å². The number of hydrogen-bond donors (Lipinski definition) is 1. The van der Waals surface area contributed by atoms with Gasteiger partial charge >= 0.3 is 0 Å². The molecule has 20 heavy (non-hydrogen) atoms. The second kappa shape index (κ2) is 6.09. The van der Waals surface area contributed by atoms with Gasteiger partial charge in [0.15, 0.2) is 0 Å². The van der Waals surface area contributed by atoms with Gasteiger partial charge in [0, 0.05) is 5.69 Å². The zero-order valence-electron chi connectivity index (χ0n) is 11.7. The number of benzene rings is 2. The van der Waals surface area contributed by atoms with Crippen molar-refractivity contribution in [2.24, 2.45) is 0 Å². The molecule has 0 saturated heterocycles. The first-order chi connectivity index (χ1) is 9.53. The molecule has 0 fully saturated rings. The monoisotopic (exact) mass is 289 g/mol. The van der Waals surface area contributed by atoms with Crippen LogP contribution in [0.1, 0.15) is 31.7 Å². The van der Waals surface area contributed by atoms with Gasteiger partial charge in [-0.05, 0) is 42.2 Å². The van der Waals surface area contributed by atoms with Crippen molar-refractivity contribution in [1.82, 2.24) is 0 Å². The third kappa shape index (κ3) is 3.39. The van der Waals surface area contributed by atoms with Gasteiger partial charge in [-0.2, -0.15) is 0 Å². The summed E-state index contributed by atoms with van der Waals surface area (Å²) in [6.45, 7) is 4.25. The van der Waals surface area contributed by atoms with Gasteiger partial charge in [-0.15, -0.1) is 0 Å². The topological polar surface area (TPSA) is 46.2 Å². The Morgan fingerprint density at radius 3 is 2.15 bits per heavy atom. The van der Waals surface area contributed by atoms with Crippen molar-refractivity contribution in [3.05, 3.63) is 60.2 Å². The molecule has 0 radical (unpaired) electrons. The predicted octanol–water partition coefficient (Wildman–Crippen LogP) is 4.00. The number of para-hydroxylation sites is 1. The zero-order chi connectivity index (χ0) is 14.6. The number of nitrogens with one attached hydrogen (secondary N) is 1. The minimum Gasteiger partial charge on any atom is -0.280 e. The summed E-state index contributed by atoms with van der Waals surface area (Å²) >= 11 is 0. The molecule has 0 bridgehead atoms. The molecule has 0 aliphatic carbocycles. The quantitative estimate of drug-likeness (QED) is 0.904. The fourth-order valence-corrected chi connectivity index (χ4v) is 2.99. The van der Waals surface area contributed by atoms with Crippen LogP contribution in [0.25, 0.3) is 0 Å². The molecule has 1 N–H and O–H groups in total. The molecule has 0 unspecified atom stereocenters. The summed E-state index contributed by atoms with van der Waals surface area (Å²) in [5, 5.41) is 0. The second-order valence-electron chi connectivity index (χ2n) is 4.85. The minimum absolute atomic E-state index is 0.286. The van der Waals surface area contributed by atoms with Crippen LogP contribution in [0.5, 0.6) is 0 Å². The smallest absolute Gasteiger partial charge is 0.261 e. The van der Waals surface area contributed by atoms with Crippen molar-refractivity contribution in [1.29, 1.82) is 0 Å². The molecule has 0 heterocycles. The molecule has 2 aromatic rings. The molecular weight excluding hydrogens is 270 g/mol. The first-order valence-electron chi connectivity index (χ1n) is 6.71. The van der Waals surface area contributed by atoms with E-state index in [1.165, 1.54) is 0 Å². The molecule has 4 heteroatoms. The van der Waals surface area contributed by atoms with Crippen molar-refractivity contribution in [2.75, 3.05) is 4.72 Å². The lowest BCUT2D eigenvalue weighted by molar-refractivity contribution is 0.601. The van der Waals surface area contributed by atoms with Crippen LogP contribution in [-0.2, 0) is 10.0 Å². The summed E-state index contributed by atoms with van der Waals surface area (Å²) in [5.74, 6) is 0.439. The largest absolute Gasteiger partial charge is 0.280 e. The van der Waals surface area contributed by atoms with E-state index in [1.54, 1.807) is 36.4 Å². The van der Waals surface area contributed by atoms with E-state index >= 15 is 0 Å². The SMILES string of the molecule is CC[C@@H](C)c1ccc(S(=O)(=O)Nc2ccccc2)cc1. The van der Waals surface area contributed by atoms with Crippen LogP contribution in [-0.4, -0.2) is 8.42 Å². The summed E-state index contributed by atoms with van der Waals surface area (Å²) in [5.41, 5.74) is 1.73. The molecule has 0 saturated carbocycles. The van der Waals surface area contributed by atoms with Crippen molar-refractivity contribution in [2.45, 2.75) is 31.1 Å². The van der Waals surface area contributed by atoms with Gasteiger partial charge < -0.3 is 0 Å². The highest BCUT2D eigenvalue weighted by molar-refractivity contribution is 7.92. The highest BCUT2D eigenvalue weighted by atomic mass is 32.2.